The van der Waals surface area contributed by atoms with Gasteiger partial charge in [-0.15, -0.1) is 0 Å². The van der Waals surface area contributed by atoms with E-state index in [1.807, 2.05) is 4.90 Å². The average Bonchev–Trinajstić information content (AvgIpc) is 3.15. The van der Waals surface area contributed by atoms with E-state index in [9.17, 15) is 4.79 Å². The maximum Gasteiger partial charge on any atom is 0.331 e. The number of hydrogen-bond donors (Lipinski definition) is 0. The van der Waals surface area contributed by atoms with Crippen molar-refractivity contribution in [3.05, 3.63) is 46.3 Å². The molecule has 7 nitrogen and oxygen atoms in total. The molecule has 0 amide bonds. The molecule has 146 valence electrons. The van der Waals surface area contributed by atoms with Gasteiger partial charge < -0.3 is 19.1 Å². The maximum absolute atomic E-state index is 12.2. The Labute approximate surface area is 171 Å². The number of fused-ring (bicyclic) bond motifs is 1. The highest BCUT2D eigenvalue weighted by atomic mass is 35.5. The minimum atomic E-state index is -0.421. The Morgan fingerprint density at radius 3 is 2.96 bits per heavy atom. The Morgan fingerprint density at radius 1 is 1.25 bits per heavy atom. The average molecular weight is 422 g/mol. The molecule has 0 saturated carbocycles. The number of carbonyl (C=O) groups excluding carboxylic acids is 1. The highest BCUT2D eigenvalue weighted by Gasteiger charge is 2.26. The first-order valence-electron chi connectivity index (χ1n) is 8.79. The molecule has 1 unspecified atom stereocenters. The molecule has 1 atom stereocenters. The summed E-state index contributed by atoms with van der Waals surface area (Å²) in [5.74, 6) is 1.35. The number of anilines is 1. The van der Waals surface area contributed by atoms with Gasteiger partial charge in [0, 0.05) is 19.0 Å². The molecule has 1 aromatic heterocycles. The van der Waals surface area contributed by atoms with Crippen LogP contribution in [0.1, 0.15) is 12.0 Å². The van der Waals surface area contributed by atoms with Crippen LogP contribution in [-0.2, 0) is 9.53 Å². The molecule has 28 heavy (non-hydrogen) atoms. The number of carbonyl (C=O) groups is 1. The summed E-state index contributed by atoms with van der Waals surface area (Å²) >= 11 is 12.1. The molecule has 9 heteroatoms. The zero-order valence-electron chi connectivity index (χ0n) is 14.8. The Balaban J connectivity index is 1.35. The number of rotatable bonds is 4. The standard InChI is InChI=1S/C19H17Cl2N3O4/c20-14-7-12(8-15-19(14)27-6-5-26-15)1-2-18(25)28-13-3-4-24(11-13)17-10-22-9-16(21)23-17/h1-2,7-10,13H,3-6,11H2/b2-1+. The number of nitrogens with zero attached hydrogens (tertiary/aromatic N) is 3. The zero-order chi connectivity index (χ0) is 19.5. The molecular formula is C19H17Cl2N3O4. The lowest BCUT2D eigenvalue weighted by molar-refractivity contribution is -0.141. The first kappa shape index (κ1) is 18.8. The van der Waals surface area contributed by atoms with Crippen molar-refractivity contribution in [1.29, 1.82) is 0 Å². The molecule has 4 rings (SSSR count). The van der Waals surface area contributed by atoms with E-state index in [4.69, 9.17) is 37.4 Å². The number of aromatic nitrogens is 2. The highest BCUT2D eigenvalue weighted by Crippen LogP contribution is 2.38. The first-order chi connectivity index (χ1) is 13.6. The predicted octanol–water partition coefficient (Wildman–Crippen LogP) is 3.39. The predicted molar refractivity (Wildman–Crippen MR) is 105 cm³/mol. The second-order valence-electron chi connectivity index (χ2n) is 6.35. The second-order valence-corrected chi connectivity index (χ2v) is 7.15. The second kappa shape index (κ2) is 8.24. The van der Waals surface area contributed by atoms with Crippen LogP contribution in [0.3, 0.4) is 0 Å². The third-order valence-corrected chi connectivity index (χ3v) is 4.84. The summed E-state index contributed by atoms with van der Waals surface area (Å²) in [6.07, 6.45) is 6.63. The fourth-order valence-corrected chi connectivity index (χ4v) is 3.53. The molecule has 1 saturated heterocycles. The molecule has 1 aromatic carbocycles. The van der Waals surface area contributed by atoms with E-state index >= 15 is 0 Å². The summed E-state index contributed by atoms with van der Waals surface area (Å²) in [5, 5.41) is 0.776. The fraction of sp³-hybridized carbons (Fsp3) is 0.316. The largest absolute Gasteiger partial charge is 0.486 e. The van der Waals surface area contributed by atoms with Crippen LogP contribution in [-0.4, -0.2) is 48.3 Å². The van der Waals surface area contributed by atoms with Gasteiger partial charge in [-0.25, -0.2) is 9.78 Å². The van der Waals surface area contributed by atoms with Gasteiger partial charge in [-0.3, -0.25) is 4.98 Å². The zero-order valence-corrected chi connectivity index (χ0v) is 16.3. The van der Waals surface area contributed by atoms with E-state index in [1.165, 1.54) is 12.3 Å². The van der Waals surface area contributed by atoms with Crippen LogP contribution in [0.15, 0.2) is 30.6 Å². The van der Waals surface area contributed by atoms with Crippen LogP contribution in [0.4, 0.5) is 5.82 Å². The SMILES string of the molecule is O=C(/C=C/c1cc(Cl)c2c(c1)OCCO2)OC1CCN(c2cncc(Cl)n2)C1. The number of esters is 1. The van der Waals surface area contributed by atoms with Crippen LogP contribution in [0.5, 0.6) is 11.5 Å². The van der Waals surface area contributed by atoms with Crippen molar-refractivity contribution in [2.45, 2.75) is 12.5 Å². The van der Waals surface area contributed by atoms with Gasteiger partial charge in [0.1, 0.15) is 30.3 Å². The van der Waals surface area contributed by atoms with Gasteiger partial charge in [-0.2, -0.15) is 0 Å². The topological polar surface area (TPSA) is 73.8 Å². The fourth-order valence-electron chi connectivity index (χ4n) is 3.11. The quantitative estimate of drug-likeness (QED) is 0.553. The van der Waals surface area contributed by atoms with Crippen LogP contribution in [0.2, 0.25) is 10.2 Å². The van der Waals surface area contributed by atoms with Gasteiger partial charge in [0.15, 0.2) is 11.5 Å². The highest BCUT2D eigenvalue weighted by molar-refractivity contribution is 6.32. The van der Waals surface area contributed by atoms with Crippen molar-refractivity contribution in [2.24, 2.45) is 0 Å². The summed E-state index contributed by atoms with van der Waals surface area (Å²) in [6.45, 7) is 2.19. The van der Waals surface area contributed by atoms with E-state index in [0.29, 0.717) is 60.2 Å². The van der Waals surface area contributed by atoms with E-state index in [0.717, 1.165) is 5.56 Å². The third-order valence-electron chi connectivity index (χ3n) is 4.38. The van der Waals surface area contributed by atoms with E-state index < -0.39 is 5.97 Å². The van der Waals surface area contributed by atoms with Gasteiger partial charge in [-0.1, -0.05) is 23.2 Å². The summed E-state index contributed by atoms with van der Waals surface area (Å²) < 4.78 is 16.5. The van der Waals surface area contributed by atoms with Crippen molar-refractivity contribution < 1.29 is 19.0 Å². The van der Waals surface area contributed by atoms with Gasteiger partial charge in [0.25, 0.3) is 0 Å². The number of halogens is 2. The normalized spacial score (nSPS) is 18.5. The molecule has 2 aliphatic rings. The summed E-state index contributed by atoms with van der Waals surface area (Å²) in [6, 6.07) is 3.49. The first-order valence-corrected chi connectivity index (χ1v) is 9.54. The molecule has 2 aliphatic heterocycles. The number of ether oxygens (including phenoxy) is 3. The van der Waals surface area contributed by atoms with Gasteiger partial charge in [0.05, 0.1) is 24.0 Å². The van der Waals surface area contributed by atoms with Crippen molar-refractivity contribution in [1.82, 2.24) is 9.97 Å². The maximum atomic E-state index is 12.2. The smallest absolute Gasteiger partial charge is 0.331 e. The Bertz CT molecular complexity index is 922. The van der Waals surface area contributed by atoms with Crippen LogP contribution < -0.4 is 14.4 Å². The van der Waals surface area contributed by atoms with Crippen LogP contribution in [0, 0.1) is 0 Å². The summed E-state index contributed by atoms with van der Waals surface area (Å²) in [4.78, 5) is 22.4. The lowest BCUT2D eigenvalue weighted by Crippen LogP contribution is -2.25. The van der Waals surface area contributed by atoms with Gasteiger partial charge in [0.2, 0.25) is 0 Å². The van der Waals surface area contributed by atoms with Gasteiger partial charge in [-0.05, 0) is 23.8 Å². The number of benzene rings is 1. The molecule has 3 heterocycles. The monoisotopic (exact) mass is 421 g/mol. The molecule has 1 fully saturated rings. The van der Waals surface area contributed by atoms with E-state index in [2.05, 4.69) is 9.97 Å². The minimum Gasteiger partial charge on any atom is -0.486 e. The molecule has 2 aromatic rings. The number of hydrogen-bond acceptors (Lipinski definition) is 7. The summed E-state index contributed by atoms with van der Waals surface area (Å²) in [7, 11) is 0. The molecule has 0 bridgehead atoms. The lowest BCUT2D eigenvalue weighted by Gasteiger charge is -2.19. The van der Waals surface area contributed by atoms with Crippen molar-refractivity contribution in [3.8, 4) is 11.5 Å². The van der Waals surface area contributed by atoms with Crippen LogP contribution >= 0.6 is 23.2 Å². The van der Waals surface area contributed by atoms with Crippen molar-refractivity contribution in [2.75, 3.05) is 31.2 Å². The molecule has 0 aliphatic carbocycles. The lowest BCUT2D eigenvalue weighted by atomic mass is 10.2. The Hall–Kier alpha value is -2.51. The molecule has 0 radical (unpaired) electrons. The summed E-state index contributed by atoms with van der Waals surface area (Å²) in [5.41, 5.74) is 0.730. The molecule has 0 N–H and O–H groups in total. The Morgan fingerprint density at radius 2 is 2.11 bits per heavy atom. The van der Waals surface area contributed by atoms with Crippen molar-refractivity contribution in [3.63, 3.8) is 0 Å². The van der Waals surface area contributed by atoms with E-state index in [1.54, 1.807) is 24.4 Å². The van der Waals surface area contributed by atoms with Crippen LogP contribution in [0.25, 0.3) is 6.08 Å². The minimum absolute atomic E-state index is 0.221. The Kier molecular flexibility index (Phi) is 5.54. The molecular weight excluding hydrogens is 405 g/mol. The third kappa shape index (κ3) is 4.31. The molecule has 0 spiro atoms. The van der Waals surface area contributed by atoms with Crippen molar-refractivity contribution >= 4 is 41.1 Å². The van der Waals surface area contributed by atoms with Gasteiger partial charge >= 0.3 is 5.97 Å². The van der Waals surface area contributed by atoms with E-state index in [-0.39, 0.29) is 6.10 Å².